The molecule has 0 radical (unpaired) electrons. The van der Waals surface area contributed by atoms with E-state index in [4.69, 9.17) is 4.74 Å². The summed E-state index contributed by atoms with van der Waals surface area (Å²) in [6, 6.07) is 7.85. The quantitative estimate of drug-likeness (QED) is 0.645. The number of ether oxygens (including phenoxy) is 1. The smallest absolute Gasteiger partial charge is 0.228 e. The highest BCUT2D eigenvalue weighted by Crippen LogP contribution is 2.26. The van der Waals surface area contributed by atoms with Crippen LogP contribution in [-0.2, 0) is 11.2 Å². The minimum Gasteiger partial charge on any atom is -0.497 e. The van der Waals surface area contributed by atoms with Gasteiger partial charge in [-0.1, -0.05) is 25.5 Å². The van der Waals surface area contributed by atoms with Gasteiger partial charge >= 0.3 is 0 Å². The van der Waals surface area contributed by atoms with Gasteiger partial charge in [0.05, 0.1) is 19.2 Å². The van der Waals surface area contributed by atoms with Gasteiger partial charge in [-0.15, -0.1) is 11.3 Å². The Bertz CT molecular complexity index is 869. The first-order valence-electron chi connectivity index (χ1n) is 8.46. The molecular weight excluding hydrogens is 334 g/mol. The van der Waals surface area contributed by atoms with Crippen LogP contribution in [0.25, 0.3) is 16.2 Å². The molecule has 0 aliphatic rings. The lowest BCUT2D eigenvalue weighted by Gasteiger charge is -2.16. The SMILES string of the molecule is CCCCN(C)C(=O)Cc1csc2nc(-c3cccc(OC)c3)cn12. The lowest BCUT2D eigenvalue weighted by molar-refractivity contribution is -0.129. The molecule has 6 heteroatoms. The summed E-state index contributed by atoms with van der Waals surface area (Å²) in [5.41, 5.74) is 2.88. The van der Waals surface area contributed by atoms with Gasteiger partial charge in [0.25, 0.3) is 0 Å². The summed E-state index contributed by atoms with van der Waals surface area (Å²) in [5.74, 6) is 0.951. The van der Waals surface area contributed by atoms with Gasteiger partial charge in [0.1, 0.15) is 5.75 Å². The number of imidazole rings is 1. The van der Waals surface area contributed by atoms with Gasteiger partial charge in [-0.2, -0.15) is 0 Å². The summed E-state index contributed by atoms with van der Waals surface area (Å²) in [6.07, 6.45) is 4.52. The maximum absolute atomic E-state index is 12.4. The third-order valence-corrected chi connectivity index (χ3v) is 5.14. The van der Waals surface area contributed by atoms with E-state index in [2.05, 4.69) is 11.9 Å². The van der Waals surface area contributed by atoms with E-state index in [0.717, 1.165) is 47.0 Å². The summed E-state index contributed by atoms with van der Waals surface area (Å²) in [5, 5.41) is 2.02. The van der Waals surface area contributed by atoms with Crippen molar-refractivity contribution in [1.29, 1.82) is 0 Å². The molecule has 1 aromatic carbocycles. The number of likely N-dealkylation sites (N-methyl/N-ethyl adjacent to an activating group) is 1. The molecule has 2 heterocycles. The summed E-state index contributed by atoms with van der Waals surface area (Å²) in [4.78, 5) is 19.8. The number of hydrogen-bond acceptors (Lipinski definition) is 4. The van der Waals surface area contributed by atoms with Crippen LogP contribution < -0.4 is 4.74 Å². The normalized spacial score (nSPS) is 11.0. The van der Waals surface area contributed by atoms with E-state index >= 15 is 0 Å². The number of methoxy groups -OCH3 is 1. The fourth-order valence-corrected chi connectivity index (χ4v) is 3.56. The van der Waals surface area contributed by atoms with Crippen molar-refractivity contribution < 1.29 is 9.53 Å². The van der Waals surface area contributed by atoms with Gasteiger partial charge in [-0.25, -0.2) is 4.98 Å². The topological polar surface area (TPSA) is 46.8 Å². The van der Waals surface area contributed by atoms with Crippen molar-refractivity contribution in [2.45, 2.75) is 26.2 Å². The van der Waals surface area contributed by atoms with E-state index in [1.807, 2.05) is 52.2 Å². The molecule has 25 heavy (non-hydrogen) atoms. The zero-order valence-corrected chi connectivity index (χ0v) is 15.7. The zero-order valence-electron chi connectivity index (χ0n) is 14.9. The van der Waals surface area contributed by atoms with Gasteiger partial charge in [-0.05, 0) is 18.6 Å². The number of amides is 1. The zero-order chi connectivity index (χ0) is 17.8. The number of benzene rings is 1. The Kier molecular flexibility index (Phi) is 5.38. The van der Waals surface area contributed by atoms with Crippen LogP contribution in [0.15, 0.2) is 35.8 Å². The maximum Gasteiger partial charge on any atom is 0.228 e. The molecule has 2 aromatic heterocycles. The number of unbranched alkanes of at least 4 members (excludes halogenated alkanes) is 1. The van der Waals surface area contributed by atoms with Crippen LogP contribution in [-0.4, -0.2) is 40.9 Å². The fourth-order valence-electron chi connectivity index (χ4n) is 2.69. The lowest BCUT2D eigenvalue weighted by Crippen LogP contribution is -2.29. The summed E-state index contributed by atoms with van der Waals surface area (Å²) < 4.78 is 7.30. The van der Waals surface area contributed by atoms with Crippen molar-refractivity contribution >= 4 is 22.2 Å². The summed E-state index contributed by atoms with van der Waals surface area (Å²) in [6.45, 7) is 2.94. The van der Waals surface area contributed by atoms with Crippen molar-refractivity contribution in [1.82, 2.24) is 14.3 Å². The van der Waals surface area contributed by atoms with Crippen molar-refractivity contribution in [3.8, 4) is 17.0 Å². The standard InChI is InChI=1S/C19H23N3O2S/c1-4-5-9-21(2)18(23)11-15-13-25-19-20-17(12-22(15)19)14-7-6-8-16(10-14)24-3/h6-8,10,12-13H,4-5,9,11H2,1-3H3. The predicted octanol–water partition coefficient (Wildman–Crippen LogP) is 3.87. The molecule has 0 N–H and O–H groups in total. The number of rotatable bonds is 7. The Morgan fingerprint density at radius 2 is 2.24 bits per heavy atom. The molecule has 3 aromatic rings. The molecule has 0 atom stereocenters. The Morgan fingerprint density at radius 3 is 3.00 bits per heavy atom. The number of hydrogen-bond donors (Lipinski definition) is 0. The maximum atomic E-state index is 12.4. The van der Waals surface area contributed by atoms with Gasteiger partial charge in [0.15, 0.2) is 4.96 Å². The van der Waals surface area contributed by atoms with Crippen molar-refractivity contribution in [2.24, 2.45) is 0 Å². The van der Waals surface area contributed by atoms with Crippen LogP contribution >= 0.6 is 11.3 Å². The highest BCUT2D eigenvalue weighted by Gasteiger charge is 2.15. The number of carbonyl (C=O) groups is 1. The highest BCUT2D eigenvalue weighted by atomic mass is 32.1. The first-order chi connectivity index (χ1) is 12.1. The Morgan fingerprint density at radius 1 is 1.40 bits per heavy atom. The fraction of sp³-hybridized carbons (Fsp3) is 0.368. The molecule has 132 valence electrons. The van der Waals surface area contributed by atoms with Crippen LogP contribution in [0.1, 0.15) is 25.5 Å². The first kappa shape index (κ1) is 17.5. The van der Waals surface area contributed by atoms with E-state index in [0.29, 0.717) is 6.42 Å². The van der Waals surface area contributed by atoms with Crippen molar-refractivity contribution in [3.05, 3.63) is 41.5 Å². The molecule has 0 saturated heterocycles. The van der Waals surface area contributed by atoms with Gasteiger partial charge in [-0.3, -0.25) is 9.20 Å². The van der Waals surface area contributed by atoms with E-state index < -0.39 is 0 Å². The number of nitrogens with zero attached hydrogens (tertiary/aromatic N) is 3. The largest absolute Gasteiger partial charge is 0.497 e. The molecule has 0 aliphatic heterocycles. The van der Waals surface area contributed by atoms with Crippen molar-refractivity contribution in [3.63, 3.8) is 0 Å². The van der Waals surface area contributed by atoms with Crippen LogP contribution in [0.3, 0.4) is 0 Å². The summed E-state index contributed by atoms with van der Waals surface area (Å²) in [7, 11) is 3.53. The van der Waals surface area contributed by atoms with Gasteiger partial charge < -0.3 is 9.64 Å². The minimum absolute atomic E-state index is 0.143. The molecule has 3 rings (SSSR count). The number of aromatic nitrogens is 2. The highest BCUT2D eigenvalue weighted by molar-refractivity contribution is 7.15. The van der Waals surface area contributed by atoms with Crippen LogP contribution in [0, 0.1) is 0 Å². The molecule has 0 bridgehead atoms. The Balaban J connectivity index is 1.82. The molecule has 0 spiro atoms. The van der Waals surface area contributed by atoms with Crippen molar-refractivity contribution in [2.75, 3.05) is 20.7 Å². The van der Waals surface area contributed by atoms with Crippen LogP contribution in [0.2, 0.25) is 0 Å². The van der Waals surface area contributed by atoms with Gasteiger partial charge in [0.2, 0.25) is 5.91 Å². The molecule has 1 amide bonds. The minimum atomic E-state index is 0.143. The molecule has 5 nitrogen and oxygen atoms in total. The number of thiazole rings is 1. The van der Waals surface area contributed by atoms with E-state index in [-0.39, 0.29) is 5.91 Å². The second-order valence-electron chi connectivity index (χ2n) is 6.08. The van der Waals surface area contributed by atoms with Crippen LogP contribution in [0.4, 0.5) is 0 Å². The molecule has 0 fully saturated rings. The molecule has 0 unspecified atom stereocenters. The van der Waals surface area contributed by atoms with E-state index in [9.17, 15) is 4.79 Å². The molecular formula is C19H23N3O2S. The van der Waals surface area contributed by atoms with Crippen LogP contribution in [0.5, 0.6) is 5.75 Å². The van der Waals surface area contributed by atoms with E-state index in [1.165, 1.54) is 0 Å². The summed E-state index contributed by atoms with van der Waals surface area (Å²) >= 11 is 1.56. The van der Waals surface area contributed by atoms with Gasteiger partial charge in [0, 0.05) is 36.4 Å². The van der Waals surface area contributed by atoms with E-state index in [1.54, 1.807) is 18.4 Å². The third kappa shape index (κ3) is 3.85. The average molecular weight is 357 g/mol. The molecule has 0 aliphatic carbocycles. The second-order valence-corrected chi connectivity index (χ2v) is 6.92. The first-order valence-corrected chi connectivity index (χ1v) is 9.34. The molecule has 0 saturated carbocycles. The lowest BCUT2D eigenvalue weighted by atomic mass is 10.1. The Hall–Kier alpha value is -2.34. The number of fused-ring (bicyclic) bond motifs is 1. The third-order valence-electron chi connectivity index (χ3n) is 4.25. The Labute approximate surface area is 151 Å². The average Bonchev–Trinajstić information content (AvgIpc) is 3.21. The predicted molar refractivity (Wildman–Crippen MR) is 101 cm³/mol. The number of carbonyl (C=O) groups excluding carboxylic acids is 1. The second kappa shape index (κ2) is 7.70. The monoisotopic (exact) mass is 357 g/mol.